The van der Waals surface area contributed by atoms with Gasteiger partial charge in [-0.05, 0) is 58.3 Å². The first-order valence-corrected chi connectivity index (χ1v) is 15.8. The highest BCUT2D eigenvalue weighted by Gasteiger charge is 2.41. The molecule has 0 amide bonds. The molecule has 45 heavy (non-hydrogen) atoms. The lowest BCUT2D eigenvalue weighted by atomic mass is 9.90. The van der Waals surface area contributed by atoms with Crippen LogP contribution in [0.1, 0.15) is 85.5 Å². The lowest BCUT2D eigenvalue weighted by Gasteiger charge is -2.40. The molecule has 0 bridgehead atoms. The van der Waals surface area contributed by atoms with Gasteiger partial charge in [-0.15, -0.1) is 0 Å². The highest BCUT2D eigenvalue weighted by atomic mass is 16.7. The maximum Gasteiger partial charge on any atom is 0.162 e. The normalized spacial score (nSPS) is 25.0. The van der Waals surface area contributed by atoms with Gasteiger partial charge in [0.2, 0.25) is 0 Å². The Morgan fingerprint density at radius 1 is 0.711 bits per heavy atom. The summed E-state index contributed by atoms with van der Waals surface area (Å²) in [6.07, 6.45) is 8.90. The summed E-state index contributed by atoms with van der Waals surface area (Å²) in [6, 6.07) is 0. The van der Waals surface area contributed by atoms with Crippen LogP contribution in [0.15, 0.2) is 0 Å². The van der Waals surface area contributed by atoms with Crippen LogP contribution in [0.4, 0.5) is 0 Å². The van der Waals surface area contributed by atoms with Crippen molar-refractivity contribution in [2.75, 3.05) is 76.7 Å². The molecule has 3 fully saturated rings. The third kappa shape index (κ3) is 36.2. The molecule has 6 atom stereocenters. The van der Waals surface area contributed by atoms with Crippen molar-refractivity contribution in [2.45, 2.75) is 122 Å². The van der Waals surface area contributed by atoms with Crippen molar-refractivity contribution >= 4 is 0 Å². The van der Waals surface area contributed by atoms with Gasteiger partial charge in [-0.25, -0.2) is 0 Å². The van der Waals surface area contributed by atoms with Crippen molar-refractivity contribution in [1.82, 2.24) is 0 Å². The average molecular weight is 669 g/mol. The van der Waals surface area contributed by atoms with E-state index < -0.39 is 18.5 Å². The van der Waals surface area contributed by atoms with Crippen LogP contribution in [0.2, 0.25) is 0 Å². The Balaban J connectivity index is -0.000000105. The monoisotopic (exact) mass is 669 g/mol. The van der Waals surface area contributed by atoms with Crippen LogP contribution in [0, 0.1) is 11.8 Å². The van der Waals surface area contributed by atoms with E-state index in [1.165, 1.54) is 45.6 Å². The van der Waals surface area contributed by atoms with Crippen LogP contribution in [0.25, 0.3) is 0 Å². The first-order valence-electron chi connectivity index (χ1n) is 15.8. The Kier molecular flexibility index (Phi) is 60.4. The van der Waals surface area contributed by atoms with Gasteiger partial charge in [0.1, 0.15) is 6.10 Å². The van der Waals surface area contributed by atoms with Gasteiger partial charge in [-0.1, -0.05) is 33.1 Å². The van der Waals surface area contributed by atoms with Gasteiger partial charge in [0.05, 0.1) is 31.0 Å². The summed E-state index contributed by atoms with van der Waals surface area (Å²) in [5, 5.41) is 64.5. The summed E-state index contributed by atoms with van der Waals surface area (Å²) >= 11 is 0. The average Bonchev–Trinajstić information content (AvgIpc) is 3.12. The van der Waals surface area contributed by atoms with E-state index >= 15 is 0 Å². The van der Waals surface area contributed by atoms with E-state index in [0.717, 1.165) is 47.9 Å². The first-order chi connectivity index (χ1) is 21.7. The third-order valence-corrected chi connectivity index (χ3v) is 6.57. The molecule has 3 rings (SSSR count). The van der Waals surface area contributed by atoms with E-state index in [1.807, 2.05) is 20.8 Å². The van der Waals surface area contributed by atoms with Crippen molar-refractivity contribution in [2.24, 2.45) is 11.8 Å². The van der Waals surface area contributed by atoms with E-state index in [1.54, 1.807) is 28.3 Å². The Bertz CT molecular complexity index is 426. The van der Waals surface area contributed by atoms with Crippen LogP contribution in [-0.2, 0) is 23.7 Å². The largest absolute Gasteiger partial charge is 0.400 e. The molecule has 8 N–H and O–H groups in total. The number of aliphatic hydroxyl groups is 8. The Labute approximate surface area is 275 Å². The summed E-state index contributed by atoms with van der Waals surface area (Å²) in [6.45, 7) is 9.16. The molecule has 0 radical (unpaired) electrons. The molecule has 3 aliphatic rings. The SMILES string of the molecule is CCC1OC(OC)C(C)C(O)C1O.CO.CO.CO.CO.COC.COC(C)C.OCC1CCCCC1.OCC1CCCCO1. The van der Waals surface area contributed by atoms with Crippen molar-refractivity contribution in [1.29, 1.82) is 0 Å². The first kappa shape index (κ1) is 56.8. The minimum absolute atomic E-state index is 0.142. The van der Waals surface area contributed by atoms with Crippen molar-refractivity contribution in [3.63, 3.8) is 0 Å². The smallest absolute Gasteiger partial charge is 0.162 e. The second kappa shape index (κ2) is 47.9. The fourth-order valence-corrected chi connectivity index (χ4v) is 4.00. The van der Waals surface area contributed by atoms with Crippen LogP contribution in [0.5, 0.6) is 0 Å². The maximum absolute atomic E-state index is 9.64. The van der Waals surface area contributed by atoms with E-state index in [-0.39, 0.29) is 24.7 Å². The number of aliphatic hydroxyl groups excluding tert-OH is 8. The molecule has 1 saturated carbocycles. The Morgan fingerprint density at radius 3 is 1.42 bits per heavy atom. The molecule has 13 nitrogen and oxygen atoms in total. The van der Waals surface area contributed by atoms with E-state index in [4.69, 9.17) is 49.6 Å². The second-order valence-electron chi connectivity index (χ2n) is 10.1. The lowest BCUT2D eigenvalue weighted by molar-refractivity contribution is -0.269. The molecule has 0 aromatic heterocycles. The maximum atomic E-state index is 9.64. The van der Waals surface area contributed by atoms with Crippen molar-refractivity contribution in [3.05, 3.63) is 0 Å². The predicted octanol–water partition coefficient (Wildman–Crippen LogP) is 1.97. The molecule has 6 unspecified atom stereocenters. The van der Waals surface area contributed by atoms with Gasteiger partial charge in [-0.2, -0.15) is 0 Å². The summed E-state index contributed by atoms with van der Waals surface area (Å²) in [5.74, 6) is 0.451. The summed E-state index contributed by atoms with van der Waals surface area (Å²) in [7, 11) is 10.5. The van der Waals surface area contributed by atoms with Gasteiger partial charge < -0.3 is 64.5 Å². The van der Waals surface area contributed by atoms with Gasteiger partial charge >= 0.3 is 0 Å². The minimum atomic E-state index is -0.800. The Morgan fingerprint density at radius 2 is 1.16 bits per heavy atom. The van der Waals surface area contributed by atoms with Gasteiger partial charge in [0, 0.05) is 76.0 Å². The van der Waals surface area contributed by atoms with Gasteiger partial charge in [-0.3, -0.25) is 0 Å². The quantitative estimate of drug-likeness (QED) is 0.211. The second-order valence-corrected chi connectivity index (χ2v) is 10.1. The number of hydrogen-bond acceptors (Lipinski definition) is 13. The zero-order valence-electron chi connectivity index (χ0n) is 30.7. The Hall–Kier alpha value is -0.520. The molecule has 2 aliphatic heterocycles. The van der Waals surface area contributed by atoms with Crippen LogP contribution in [-0.4, -0.2) is 154 Å². The molecule has 282 valence electrons. The number of rotatable bonds is 5. The molecular weight excluding hydrogens is 592 g/mol. The fraction of sp³-hybridized carbons (Fsp3) is 1.00. The molecule has 0 spiro atoms. The highest BCUT2D eigenvalue weighted by Crippen LogP contribution is 2.27. The van der Waals surface area contributed by atoms with Crippen molar-refractivity contribution < 1.29 is 64.5 Å². The molecule has 1 aliphatic carbocycles. The molecule has 13 heteroatoms. The molecule has 2 heterocycles. The van der Waals surface area contributed by atoms with Gasteiger partial charge in [0.15, 0.2) is 6.29 Å². The zero-order chi connectivity index (χ0) is 36.6. The summed E-state index contributed by atoms with van der Waals surface area (Å²) < 4.78 is 24.7. The van der Waals surface area contributed by atoms with E-state index in [2.05, 4.69) is 4.74 Å². The van der Waals surface area contributed by atoms with Crippen LogP contribution in [0.3, 0.4) is 0 Å². The molecule has 0 aromatic rings. The highest BCUT2D eigenvalue weighted by molar-refractivity contribution is 4.86. The number of hydrogen-bond donors (Lipinski definition) is 8. The van der Waals surface area contributed by atoms with E-state index in [9.17, 15) is 10.2 Å². The lowest BCUT2D eigenvalue weighted by Crippen LogP contribution is -2.53. The van der Waals surface area contributed by atoms with Crippen molar-refractivity contribution in [3.8, 4) is 0 Å². The molecule has 0 aromatic carbocycles. The minimum Gasteiger partial charge on any atom is -0.400 e. The third-order valence-electron chi connectivity index (χ3n) is 6.57. The van der Waals surface area contributed by atoms with Gasteiger partial charge in [0.25, 0.3) is 0 Å². The van der Waals surface area contributed by atoms with Crippen LogP contribution < -0.4 is 0 Å². The van der Waals surface area contributed by atoms with E-state index in [0.29, 0.717) is 25.0 Å². The number of ether oxygens (including phenoxy) is 5. The topological polar surface area (TPSA) is 208 Å². The fourth-order valence-electron chi connectivity index (χ4n) is 4.00. The summed E-state index contributed by atoms with van der Waals surface area (Å²) in [4.78, 5) is 0. The van der Waals surface area contributed by atoms with Crippen LogP contribution >= 0.6 is 0 Å². The molecule has 2 saturated heterocycles. The zero-order valence-corrected chi connectivity index (χ0v) is 30.7. The predicted molar refractivity (Wildman–Crippen MR) is 179 cm³/mol. The standard InChI is InChI=1S/C9H18O4.C7H14O.C6H12O2.C4H10O.C2H6O.4CH4O/c1-4-6-8(11)7(10)5(2)9(12-3)13-6;8-6-7-4-2-1-3-5-7;7-5-6-3-1-2-4-8-6;1-4(2)5-3;1-3-2;4*1-2/h5-11H,4H2,1-3H3;7-8H,1-6H2;6-7H,1-5H2;4H,1-3H3;1-2H3;4*2H,1H3. The number of methoxy groups -OCH3 is 3. The summed E-state index contributed by atoms with van der Waals surface area (Å²) in [5.41, 5.74) is 0. The molecular formula is C32H76O13.